The zero-order chi connectivity index (χ0) is 21.7. The fraction of sp³-hybridized carbons (Fsp3) is 0.455. The molecule has 30 heavy (non-hydrogen) atoms. The van der Waals surface area contributed by atoms with Gasteiger partial charge < -0.3 is 10.6 Å². The van der Waals surface area contributed by atoms with Crippen molar-refractivity contribution in [1.82, 2.24) is 15.4 Å². The van der Waals surface area contributed by atoms with Gasteiger partial charge in [-0.25, -0.2) is 21.9 Å². The number of benzene rings is 2. The van der Waals surface area contributed by atoms with Crippen LogP contribution in [0.2, 0.25) is 0 Å². The monoisotopic (exact) mass is 437 g/mol. The smallest absolute Gasteiger partial charge is 0.240 e. The summed E-state index contributed by atoms with van der Waals surface area (Å²) in [6, 6.07) is 10.0. The molecular weight excluding hydrogens is 408 g/mol. The summed E-state index contributed by atoms with van der Waals surface area (Å²) in [6.45, 7) is 4.94. The minimum Gasteiger partial charge on any atom is -0.302 e. The lowest BCUT2D eigenvalue weighted by molar-refractivity contribution is 0.319. The average molecular weight is 438 g/mol. The van der Waals surface area contributed by atoms with E-state index in [1.54, 1.807) is 0 Å². The maximum atomic E-state index is 13.9. The standard InChI is InChI=1S/C22H29F2N3O2S/c1-15(2)25-14-26-18-6-8-19(9-7-18)27-30(28,29)20-10-3-16(4-11-20)21-12-5-17(23)13-22(21)24/h3-5,10-13,15,18-19,25-27H,6-9,14H2,1-2H3. The molecule has 3 N–H and O–H groups in total. The highest BCUT2D eigenvalue weighted by Crippen LogP contribution is 2.26. The van der Waals surface area contributed by atoms with Crippen LogP contribution in [-0.2, 0) is 10.0 Å². The summed E-state index contributed by atoms with van der Waals surface area (Å²) in [5.74, 6) is -1.33. The first-order valence-corrected chi connectivity index (χ1v) is 11.8. The number of hydrogen-bond acceptors (Lipinski definition) is 4. The quantitative estimate of drug-likeness (QED) is 0.550. The van der Waals surface area contributed by atoms with Crippen LogP contribution in [0.3, 0.4) is 0 Å². The third kappa shape index (κ3) is 6.07. The van der Waals surface area contributed by atoms with E-state index in [4.69, 9.17) is 0 Å². The predicted octanol–water partition coefficient (Wildman–Crippen LogP) is 3.77. The molecule has 0 radical (unpaired) electrons. The predicted molar refractivity (Wildman–Crippen MR) is 114 cm³/mol. The lowest BCUT2D eigenvalue weighted by Crippen LogP contribution is -2.45. The minimum atomic E-state index is -3.66. The van der Waals surface area contributed by atoms with Gasteiger partial charge in [-0.1, -0.05) is 12.1 Å². The summed E-state index contributed by atoms with van der Waals surface area (Å²) < 4.78 is 55.3. The van der Waals surface area contributed by atoms with E-state index in [0.717, 1.165) is 38.4 Å². The molecule has 1 fully saturated rings. The van der Waals surface area contributed by atoms with Crippen LogP contribution >= 0.6 is 0 Å². The Morgan fingerprint density at radius 2 is 1.60 bits per heavy atom. The Morgan fingerprint density at radius 3 is 2.20 bits per heavy atom. The van der Waals surface area contributed by atoms with Crippen molar-refractivity contribution in [2.24, 2.45) is 0 Å². The van der Waals surface area contributed by atoms with Crippen molar-refractivity contribution in [3.63, 3.8) is 0 Å². The highest BCUT2D eigenvalue weighted by Gasteiger charge is 2.25. The zero-order valence-electron chi connectivity index (χ0n) is 17.3. The van der Waals surface area contributed by atoms with Gasteiger partial charge in [0.25, 0.3) is 0 Å². The maximum Gasteiger partial charge on any atom is 0.240 e. The van der Waals surface area contributed by atoms with E-state index >= 15 is 0 Å². The van der Waals surface area contributed by atoms with Crippen LogP contribution in [0.1, 0.15) is 39.5 Å². The fourth-order valence-corrected chi connectivity index (χ4v) is 4.95. The molecule has 164 valence electrons. The molecule has 1 saturated carbocycles. The van der Waals surface area contributed by atoms with Gasteiger partial charge in [-0.3, -0.25) is 0 Å². The van der Waals surface area contributed by atoms with Crippen LogP contribution in [-0.4, -0.2) is 33.2 Å². The summed E-state index contributed by atoms with van der Waals surface area (Å²) in [6.07, 6.45) is 3.38. The van der Waals surface area contributed by atoms with Crippen molar-refractivity contribution in [3.8, 4) is 11.1 Å². The second kappa shape index (κ2) is 9.96. The molecule has 1 aliphatic carbocycles. The molecule has 0 amide bonds. The Bertz CT molecular complexity index is 941. The normalized spacial score (nSPS) is 19.9. The summed E-state index contributed by atoms with van der Waals surface area (Å²) in [7, 11) is -3.66. The van der Waals surface area contributed by atoms with Crippen molar-refractivity contribution >= 4 is 10.0 Å². The van der Waals surface area contributed by atoms with Crippen LogP contribution < -0.4 is 15.4 Å². The molecule has 8 heteroatoms. The van der Waals surface area contributed by atoms with Gasteiger partial charge in [0.2, 0.25) is 10.0 Å². The average Bonchev–Trinajstić information content (AvgIpc) is 2.69. The maximum absolute atomic E-state index is 13.9. The van der Waals surface area contributed by atoms with Gasteiger partial charge in [-0.05, 0) is 69.4 Å². The van der Waals surface area contributed by atoms with Crippen molar-refractivity contribution < 1.29 is 17.2 Å². The zero-order valence-corrected chi connectivity index (χ0v) is 18.1. The number of halogens is 2. The summed E-state index contributed by atoms with van der Waals surface area (Å²) in [4.78, 5) is 0.134. The van der Waals surface area contributed by atoms with Crippen molar-refractivity contribution in [3.05, 3.63) is 54.1 Å². The summed E-state index contributed by atoms with van der Waals surface area (Å²) in [5.41, 5.74) is 0.721. The Balaban J connectivity index is 1.57. The molecule has 2 aromatic carbocycles. The first-order chi connectivity index (χ1) is 14.2. The molecule has 0 unspecified atom stereocenters. The fourth-order valence-electron chi connectivity index (χ4n) is 3.65. The Labute approximate surface area is 177 Å². The van der Waals surface area contributed by atoms with Crippen molar-refractivity contribution in [2.75, 3.05) is 6.67 Å². The van der Waals surface area contributed by atoms with E-state index in [1.165, 1.54) is 36.4 Å². The summed E-state index contributed by atoms with van der Waals surface area (Å²) >= 11 is 0. The summed E-state index contributed by atoms with van der Waals surface area (Å²) in [5, 5.41) is 6.78. The molecule has 0 bridgehead atoms. The largest absolute Gasteiger partial charge is 0.302 e. The molecule has 0 aromatic heterocycles. The third-order valence-electron chi connectivity index (χ3n) is 5.36. The van der Waals surface area contributed by atoms with Crippen LogP contribution in [0.25, 0.3) is 11.1 Å². The number of nitrogens with one attached hydrogen (secondary N) is 3. The highest BCUT2D eigenvalue weighted by molar-refractivity contribution is 7.89. The van der Waals surface area contributed by atoms with Gasteiger partial charge >= 0.3 is 0 Å². The Kier molecular flexibility index (Phi) is 7.57. The topological polar surface area (TPSA) is 70.2 Å². The van der Waals surface area contributed by atoms with E-state index in [-0.39, 0.29) is 16.5 Å². The number of rotatable bonds is 8. The molecule has 1 aliphatic rings. The molecule has 0 atom stereocenters. The van der Waals surface area contributed by atoms with E-state index in [9.17, 15) is 17.2 Å². The molecule has 0 saturated heterocycles. The number of sulfonamides is 1. The van der Waals surface area contributed by atoms with Crippen LogP contribution in [0.4, 0.5) is 8.78 Å². The van der Waals surface area contributed by atoms with Crippen LogP contribution in [0.15, 0.2) is 47.4 Å². The lowest BCUT2D eigenvalue weighted by Gasteiger charge is -2.30. The van der Waals surface area contributed by atoms with Crippen molar-refractivity contribution in [2.45, 2.75) is 62.6 Å². The number of hydrogen-bond donors (Lipinski definition) is 3. The molecule has 5 nitrogen and oxygen atoms in total. The molecule has 2 aromatic rings. The molecule has 0 spiro atoms. The van der Waals surface area contributed by atoms with E-state index in [1.807, 2.05) is 0 Å². The second-order valence-electron chi connectivity index (χ2n) is 8.06. The van der Waals surface area contributed by atoms with Gasteiger partial charge in [0.1, 0.15) is 11.6 Å². The van der Waals surface area contributed by atoms with E-state index < -0.39 is 21.7 Å². The van der Waals surface area contributed by atoms with E-state index in [2.05, 4.69) is 29.2 Å². The molecule has 0 heterocycles. The van der Waals surface area contributed by atoms with Crippen molar-refractivity contribution in [1.29, 1.82) is 0 Å². The second-order valence-corrected chi connectivity index (χ2v) is 9.77. The highest BCUT2D eigenvalue weighted by atomic mass is 32.2. The molecular formula is C22H29F2N3O2S. The van der Waals surface area contributed by atoms with Gasteiger partial charge in [0.05, 0.1) is 4.90 Å². The lowest BCUT2D eigenvalue weighted by atomic mass is 9.92. The van der Waals surface area contributed by atoms with E-state index in [0.29, 0.717) is 17.6 Å². The van der Waals surface area contributed by atoms with Crippen LogP contribution in [0, 0.1) is 11.6 Å². The third-order valence-corrected chi connectivity index (χ3v) is 6.89. The van der Waals surface area contributed by atoms with Gasteiger partial charge in [-0.15, -0.1) is 0 Å². The van der Waals surface area contributed by atoms with Gasteiger partial charge in [-0.2, -0.15) is 0 Å². The van der Waals surface area contributed by atoms with Gasteiger partial charge in [0.15, 0.2) is 0 Å². The first-order valence-electron chi connectivity index (χ1n) is 10.3. The van der Waals surface area contributed by atoms with Crippen LogP contribution in [0.5, 0.6) is 0 Å². The Hall–Kier alpha value is -1.87. The first kappa shape index (κ1) is 22.8. The molecule has 3 rings (SSSR count). The Morgan fingerprint density at radius 1 is 0.967 bits per heavy atom. The SMILES string of the molecule is CC(C)NCNC1CCC(NS(=O)(=O)c2ccc(-c3ccc(F)cc3F)cc2)CC1. The minimum absolute atomic E-state index is 0.0969. The van der Waals surface area contributed by atoms with Gasteiger partial charge in [0, 0.05) is 36.4 Å². The molecule has 0 aliphatic heterocycles.